The molecular weight excluding hydrogens is 380 g/mol. The molecule has 27 heavy (non-hydrogen) atoms. The molecule has 0 unspecified atom stereocenters. The van der Waals surface area contributed by atoms with Crippen molar-refractivity contribution in [1.82, 2.24) is 14.3 Å². The molecule has 2 aromatic heterocycles. The first-order valence-corrected chi connectivity index (χ1v) is 9.70. The molecule has 1 saturated heterocycles. The summed E-state index contributed by atoms with van der Waals surface area (Å²) in [6.07, 6.45) is 5.00. The Balaban J connectivity index is 2.18. The number of anilines is 1. The van der Waals surface area contributed by atoms with Crippen LogP contribution in [0.5, 0.6) is 0 Å². The molecule has 0 aromatic carbocycles. The number of nitrogens with zero attached hydrogens (tertiary/aromatic N) is 3. The molecule has 0 atom stereocenters. The van der Waals surface area contributed by atoms with Crippen LogP contribution in [0.3, 0.4) is 0 Å². The number of aryl methyl sites for hydroxylation is 1. The van der Waals surface area contributed by atoms with Gasteiger partial charge in [-0.05, 0) is 38.5 Å². The lowest BCUT2D eigenvalue weighted by molar-refractivity contribution is -0.123. The minimum Gasteiger partial charge on any atom is -0.366 e. The maximum Gasteiger partial charge on any atom is 0.267 e. The number of hydrogen-bond acceptors (Lipinski definition) is 6. The number of aromatic nitrogens is 2. The van der Waals surface area contributed by atoms with E-state index in [0.29, 0.717) is 32.8 Å². The minimum atomic E-state index is -0.245. The quantitative estimate of drug-likeness (QED) is 0.472. The van der Waals surface area contributed by atoms with Gasteiger partial charge < -0.3 is 5.32 Å². The van der Waals surface area contributed by atoms with Gasteiger partial charge >= 0.3 is 0 Å². The van der Waals surface area contributed by atoms with Crippen LogP contribution >= 0.6 is 24.0 Å². The summed E-state index contributed by atoms with van der Waals surface area (Å²) in [7, 11) is 0. The van der Waals surface area contributed by atoms with Crippen molar-refractivity contribution in [1.29, 1.82) is 0 Å². The van der Waals surface area contributed by atoms with Crippen molar-refractivity contribution in [2.24, 2.45) is 0 Å². The highest BCUT2D eigenvalue weighted by atomic mass is 32.2. The van der Waals surface area contributed by atoms with Gasteiger partial charge in [0.2, 0.25) is 0 Å². The Morgan fingerprint density at radius 1 is 1.37 bits per heavy atom. The molecular formula is C19H20N4O2S2. The van der Waals surface area contributed by atoms with Gasteiger partial charge in [0.25, 0.3) is 11.5 Å². The van der Waals surface area contributed by atoms with Crippen molar-refractivity contribution in [2.75, 3.05) is 11.9 Å². The van der Waals surface area contributed by atoms with Gasteiger partial charge in [-0.2, -0.15) is 0 Å². The van der Waals surface area contributed by atoms with E-state index in [9.17, 15) is 9.59 Å². The van der Waals surface area contributed by atoms with E-state index in [1.807, 2.05) is 26.8 Å². The highest BCUT2D eigenvalue weighted by Gasteiger charge is 2.34. The van der Waals surface area contributed by atoms with Crippen molar-refractivity contribution in [3.05, 3.63) is 57.4 Å². The van der Waals surface area contributed by atoms with Gasteiger partial charge in [-0.3, -0.25) is 18.9 Å². The second-order valence-electron chi connectivity index (χ2n) is 6.43. The number of fused-ring (bicyclic) bond motifs is 1. The number of thioether (sulfide) groups is 1. The third-order valence-corrected chi connectivity index (χ3v) is 5.37. The molecule has 1 aliphatic rings. The van der Waals surface area contributed by atoms with Crippen LogP contribution in [0.4, 0.5) is 5.82 Å². The molecule has 1 fully saturated rings. The van der Waals surface area contributed by atoms with Gasteiger partial charge in [-0.25, -0.2) is 4.98 Å². The lowest BCUT2D eigenvalue weighted by atomic mass is 10.2. The maximum atomic E-state index is 13.1. The molecule has 0 saturated carbocycles. The molecule has 0 bridgehead atoms. The monoisotopic (exact) mass is 400 g/mol. The summed E-state index contributed by atoms with van der Waals surface area (Å²) < 4.78 is 1.98. The summed E-state index contributed by atoms with van der Waals surface area (Å²) in [5.74, 6) is 0.224. The minimum absolute atomic E-state index is 0.0414. The maximum absolute atomic E-state index is 13.1. The first-order valence-electron chi connectivity index (χ1n) is 8.48. The van der Waals surface area contributed by atoms with Gasteiger partial charge in [0, 0.05) is 18.8 Å². The Labute approximate surface area is 167 Å². The highest BCUT2D eigenvalue weighted by molar-refractivity contribution is 8.26. The first kappa shape index (κ1) is 19.3. The molecule has 1 aliphatic heterocycles. The zero-order chi connectivity index (χ0) is 19.7. The van der Waals surface area contributed by atoms with E-state index in [1.54, 1.807) is 29.3 Å². The van der Waals surface area contributed by atoms with Gasteiger partial charge in [0.15, 0.2) is 0 Å². The summed E-state index contributed by atoms with van der Waals surface area (Å²) in [6.45, 7) is 9.84. The number of nitrogens with one attached hydrogen (secondary N) is 1. The zero-order valence-electron chi connectivity index (χ0n) is 15.4. The molecule has 1 N–H and O–H groups in total. The normalized spacial score (nSPS) is 16.0. The van der Waals surface area contributed by atoms with E-state index >= 15 is 0 Å². The van der Waals surface area contributed by atoms with E-state index in [0.717, 1.165) is 5.56 Å². The third-order valence-electron chi connectivity index (χ3n) is 4.03. The van der Waals surface area contributed by atoms with Crippen molar-refractivity contribution >= 4 is 51.7 Å². The number of pyridine rings is 1. The lowest BCUT2D eigenvalue weighted by Gasteiger charge is -2.18. The van der Waals surface area contributed by atoms with E-state index in [4.69, 9.17) is 12.2 Å². The number of carbonyl (C=O) groups excluding carboxylic acids is 1. The Bertz CT molecular complexity index is 1040. The zero-order valence-corrected chi connectivity index (χ0v) is 17.0. The molecule has 3 rings (SSSR count). The van der Waals surface area contributed by atoms with Crippen LogP contribution < -0.4 is 10.9 Å². The molecule has 0 aliphatic carbocycles. The van der Waals surface area contributed by atoms with Crippen LogP contribution in [0.1, 0.15) is 25.0 Å². The van der Waals surface area contributed by atoms with Crippen LogP contribution in [0.2, 0.25) is 0 Å². The highest BCUT2D eigenvalue weighted by Crippen LogP contribution is 2.34. The fourth-order valence-electron chi connectivity index (χ4n) is 2.75. The largest absolute Gasteiger partial charge is 0.366 e. The van der Waals surface area contributed by atoms with Crippen LogP contribution in [-0.4, -0.2) is 37.1 Å². The lowest BCUT2D eigenvalue weighted by Crippen LogP contribution is -2.34. The Hall–Kier alpha value is -2.45. The van der Waals surface area contributed by atoms with Crippen molar-refractivity contribution < 1.29 is 4.79 Å². The Kier molecular flexibility index (Phi) is 5.48. The Morgan fingerprint density at radius 3 is 2.74 bits per heavy atom. The second-order valence-corrected chi connectivity index (χ2v) is 8.10. The molecule has 3 heterocycles. The number of carbonyl (C=O) groups is 1. The summed E-state index contributed by atoms with van der Waals surface area (Å²) in [5.41, 5.74) is 1.55. The standard InChI is InChI=1S/C19H20N4O2S2/c1-5-8-20-16-13(9-14-18(25)23(11(2)3)19(26)27-14)17(24)22-10-12(4)6-7-15(22)21-16/h5-7,9-11,20H,1,8H2,2-4H3. The molecule has 2 aromatic rings. The fraction of sp³-hybridized carbons (Fsp3) is 0.263. The molecule has 6 nitrogen and oxygen atoms in total. The van der Waals surface area contributed by atoms with E-state index in [-0.39, 0.29) is 17.5 Å². The van der Waals surface area contributed by atoms with E-state index in [2.05, 4.69) is 16.9 Å². The number of amides is 1. The topological polar surface area (TPSA) is 66.7 Å². The third kappa shape index (κ3) is 3.68. The first-order chi connectivity index (χ1) is 12.8. The fourth-order valence-corrected chi connectivity index (χ4v) is 4.25. The van der Waals surface area contributed by atoms with Crippen molar-refractivity contribution in [3.8, 4) is 0 Å². The second kappa shape index (κ2) is 7.66. The smallest absolute Gasteiger partial charge is 0.267 e. The summed E-state index contributed by atoms with van der Waals surface area (Å²) >= 11 is 6.52. The van der Waals surface area contributed by atoms with Gasteiger partial charge in [0.05, 0.1) is 10.5 Å². The number of thiocarbonyl (C=S) groups is 1. The average Bonchev–Trinajstić information content (AvgIpc) is 2.90. The predicted octanol–water partition coefficient (Wildman–Crippen LogP) is 3.21. The molecule has 140 valence electrons. The molecule has 0 spiro atoms. The average molecular weight is 401 g/mol. The number of hydrogen-bond donors (Lipinski definition) is 1. The molecule has 0 radical (unpaired) electrons. The predicted molar refractivity (Wildman–Crippen MR) is 115 cm³/mol. The SMILES string of the molecule is C=CCNc1nc2ccc(C)cn2c(=O)c1C=C1SC(=S)N(C(C)C)C1=O. The molecule has 1 amide bonds. The molecule has 8 heteroatoms. The van der Waals surface area contributed by atoms with Gasteiger partial charge in [-0.1, -0.05) is 36.1 Å². The van der Waals surface area contributed by atoms with E-state index in [1.165, 1.54) is 16.2 Å². The Morgan fingerprint density at radius 2 is 2.11 bits per heavy atom. The summed E-state index contributed by atoms with van der Waals surface area (Å²) in [6, 6.07) is 3.64. The van der Waals surface area contributed by atoms with Crippen LogP contribution in [0.25, 0.3) is 11.7 Å². The van der Waals surface area contributed by atoms with Gasteiger partial charge in [-0.15, -0.1) is 6.58 Å². The number of rotatable bonds is 5. The van der Waals surface area contributed by atoms with Gasteiger partial charge in [0.1, 0.15) is 15.8 Å². The van der Waals surface area contributed by atoms with Crippen LogP contribution in [-0.2, 0) is 4.79 Å². The summed E-state index contributed by atoms with van der Waals surface area (Å²) in [4.78, 5) is 32.3. The van der Waals surface area contributed by atoms with Crippen molar-refractivity contribution in [3.63, 3.8) is 0 Å². The summed E-state index contributed by atoms with van der Waals surface area (Å²) in [5, 5.41) is 3.09. The van der Waals surface area contributed by atoms with Crippen LogP contribution in [0, 0.1) is 6.92 Å². The van der Waals surface area contributed by atoms with Crippen molar-refractivity contribution in [2.45, 2.75) is 26.8 Å². The van der Waals surface area contributed by atoms with E-state index < -0.39 is 0 Å². The van der Waals surface area contributed by atoms with Crippen LogP contribution in [0.15, 0.2) is 40.7 Å².